The average molecular weight is 206 g/mol. The van der Waals surface area contributed by atoms with E-state index in [4.69, 9.17) is 0 Å². The van der Waals surface area contributed by atoms with E-state index < -0.39 is 0 Å². The van der Waals surface area contributed by atoms with Gasteiger partial charge < -0.3 is 10.6 Å². The molecule has 0 unspecified atom stereocenters. The first-order valence-corrected chi connectivity index (χ1v) is 5.07. The first kappa shape index (κ1) is 11.7. The Kier molecular flexibility index (Phi) is 3.86. The molecule has 0 aromatic heterocycles. The van der Waals surface area contributed by atoms with Gasteiger partial charge in [0.15, 0.2) is 0 Å². The molecule has 1 rings (SSSR count). The minimum absolute atomic E-state index is 0.0175. The Hall–Kier alpha value is -1.35. The molecular weight excluding hydrogens is 188 g/mol. The summed E-state index contributed by atoms with van der Waals surface area (Å²) in [7, 11) is 0. The number of carbonyl (C=O) groups is 1. The van der Waals surface area contributed by atoms with Gasteiger partial charge in [0.05, 0.1) is 6.54 Å². The number of hydrogen-bond donors (Lipinski definition) is 2. The summed E-state index contributed by atoms with van der Waals surface area (Å²) in [6.07, 6.45) is 0. The van der Waals surface area contributed by atoms with E-state index in [1.807, 2.05) is 51.1 Å². The predicted molar refractivity (Wildman–Crippen MR) is 62.8 cm³/mol. The Balaban J connectivity index is 2.38. The van der Waals surface area contributed by atoms with Gasteiger partial charge in [-0.2, -0.15) is 0 Å². The van der Waals surface area contributed by atoms with Gasteiger partial charge in [0, 0.05) is 11.2 Å². The van der Waals surface area contributed by atoms with E-state index in [9.17, 15) is 4.79 Å². The van der Waals surface area contributed by atoms with Crippen molar-refractivity contribution < 1.29 is 4.79 Å². The molecule has 3 heteroatoms. The van der Waals surface area contributed by atoms with Crippen LogP contribution in [0, 0.1) is 0 Å². The van der Waals surface area contributed by atoms with Gasteiger partial charge >= 0.3 is 0 Å². The molecule has 0 saturated heterocycles. The fraction of sp³-hybridized carbons (Fsp3) is 0.417. The zero-order valence-corrected chi connectivity index (χ0v) is 9.50. The van der Waals surface area contributed by atoms with Crippen LogP contribution >= 0.6 is 0 Å². The van der Waals surface area contributed by atoms with E-state index in [1.165, 1.54) is 0 Å². The van der Waals surface area contributed by atoms with Gasteiger partial charge in [-0.1, -0.05) is 18.2 Å². The van der Waals surface area contributed by atoms with Crippen molar-refractivity contribution in [3.63, 3.8) is 0 Å². The molecule has 1 amide bonds. The normalized spacial score (nSPS) is 11.1. The maximum absolute atomic E-state index is 11.5. The smallest absolute Gasteiger partial charge is 0.238 e. The minimum atomic E-state index is -0.0337. The highest BCUT2D eigenvalue weighted by atomic mass is 16.1. The van der Waals surface area contributed by atoms with Crippen LogP contribution in [-0.2, 0) is 4.79 Å². The zero-order valence-electron chi connectivity index (χ0n) is 9.50. The van der Waals surface area contributed by atoms with E-state index in [1.54, 1.807) is 0 Å². The third-order valence-electron chi connectivity index (χ3n) is 1.84. The molecule has 0 radical (unpaired) electrons. The molecule has 15 heavy (non-hydrogen) atoms. The minimum Gasteiger partial charge on any atom is -0.325 e. The molecule has 1 aromatic carbocycles. The van der Waals surface area contributed by atoms with Crippen molar-refractivity contribution in [2.45, 2.75) is 26.3 Å². The fourth-order valence-corrected chi connectivity index (χ4v) is 1.07. The lowest BCUT2D eigenvalue weighted by Crippen LogP contribution is -2.41. The van der Waals surface area contributed by atoms with Crippen molar-refractivity contribution in [2.75, 3.05) is 11.9 Å². The van der Waals surface area contributed by atoms with E-state index >= 15 is 0 Å². The Bertz CT molecular complexity index is 314. The van der Waals surface area contributed by atoms with Crippen LogP contribution in [0.2, 0.25) is 0 Å². The van der Waals surface area contributed by atoms with Crippen molar-refractivity contribution in [3.8, 4) is 0 Å². The van der Waals surface area contributed by atoms with Crippen LogP contribution < -0.4 is 10.6 Å². The Morgan fingerprint density at radius 3 is 2.33 bits per heavy atom. The SMILES string of the molecule is CC(C)(C)NCC(=O)Nc1ccccc1. The zero-order chi connectivity index (χ0) is 11.3. The van der Waals surface area contributed by atoms with Crippen molar-refractivity contribution >= 4 is 11.6 Å². The highest BCUT2D eigenvalue weighted by molar-refractivity contribution is 5.92. The van der Waals surface area contributed by atoms with Crippen LogP contribution in [-0.4, -0.2) is 18.0 Å². The second-order valence-corrected chi connectivity index (χ2v) is 4.52. The molecule has 0 aliphatic carbocycles. The number of amides is 1. The number of rotatable bonds is 3. The van der Waals surface area contributed by atoms with Crippen LogP contribution in [0.5, 0.6) is 0 Å². The molecule has 0 heterocycles. The summed E-state index contributed by atoms with van der Waals surface area (Å²) >= 11 is 0. The molecule has 0 saturated carbocycles. The molecule has 0 bridgehead atoms. The maximum atomic E-state index is 11.5. The largest absolute Gasteiger partial charge is 0.325 e. The quantitative estimate of drug-likeness (QED) is 0.794. The molecule has 3 nitrogen and oxygen atoms in total. The van der Waals surface area contributed by atoms with Crippen molar-refractivity contribution in [3.05, 3.63) is 30.3 Å². The number of benzene rings is 1. The summed E-state index contributed by atoms with van der Waals surface area (Å²) < 4.78 is 0. The summed E-state index contributed by atoms with van der Waals surface area (Å²) in [5.41, 5.74) is 0.798. The Labute approximate surface area is 90.9 Å². The molecule has 0 aliphatic rings. The topological polar surface area (TPSA) is 41.1 Å². The second-order valence-electron chi connectivity index (χ2n) is 4.52. The highest BCUT2D eigenvalue weighted by Crippen LogP contribution is 2.04. The summed E-state index contributed by atoms with van der Waals surface area (Å²) in [6.45, 7) is 6.42. The van der Waals surface area contributed by atoms with E-state index in [0.29, 0.717) is 6.54 Å². The summed E-state index contributed by atoms with van der Waals surface area (Å²) in [4.78, 5) is 11.5. The fourth-order valence-electron chi connectivity index (χ4n) is 1.07. The van der Waals surface area contributed by atoms with Gasteiger partial charge in [0.25, 0.3) is 0 Å². The molecular formula is C12H18N2O. The van der Waals surface area contributed by atoms with Crippen LogP contribution in [0.3, 0.4) is 0 Å². The standard InChI is InChI=1S/C12H18N2O/c1-12(2,3)13-9-11(15)14-10-7-5-4-6-8-10/h4-8,13H,9H2,1-3H3,(H,14,15). The number of nitrogens with one attached hydrogen (secondary N) is 2. The first-order chi connectivity index (χ1) is 6.97. The van der Waals surface area contributed by atoms with Gasteiger partial charge in [0.2, 0.25) is 5.91 Å². The molecule has 1 aromatic rings. The third-order valence-corrected chi connectivity index (χ3v) is 1.84. The van der Waals surface area contributed by atoms with Crippen LogP contribution in [0.4, 0.5) is 5.69 Å². The molecule has 2 N–H and O–H groups in total. The van der Waals surface area contributed by atoms with Gasteiger partial charge in [-0.3, -0.25) is 4.79 Å². The number of carbonyl (C=O) groups excluding carboxylic acids is 1. The summed E-state index contributed by atoms with van der Waals surface area (Å²) in [6, 6.07) is 9.45. The molecule has 0 spiro atoms. The molecule has 82 valence electrons. The van der Waals surface area contributed by atoms with Crippen molar-refractivity contribution in [1.29, 1.82) is 0 Å². The van der Waals surface area contributed by atoms with E-state index in [0.717, 1.165) is 5.69 Å². The Morgan fingerprint density at radius 2 is 1.80 bits per heavy atom. The number of hydrogen-bond acceptors (Lipinski definition) is 2. The molecule has 0 aliphatic heterocycles. The second kappa shape index (κ2) is 4.94. The number of anilines is 1. The average Bonchev–Trinajstić information content (AvgIpc) is 2.15. The maximum Gasteiger partial charge on any atom is 0.238 e. The van der Waals surface area contributed by atoms with E-state index in [2.05, 4.69) is 10.6 Å². The monoisotopic (exact) mass is 206 g/mol. The van der Waals surface area contributed by atoms with Gasteiger partial charge in [-0.05, 0) is 32.9 Å². The lowest BCUT2D eigenvalue weighted by molar-refractivity contribution is -0.115. The van der Waals surface area contributed by atoms with E-state index in [-0.39, 0.29) is 11.4 Å². The molecule has 0 atom stereocenters. The summed E-state index contributed by atoms with van der Waals surface area (Å²) in [5.74, 6) is -0.0175. The predicted octanol–water partition coefficient (Wildman–Crippen LogP) is 2.01. The highest BCUT2D eigenvalue weighted by Gasteiger charge is 2.10. The number of para-hydroxylation sites is 1. The van der Waals surface area contributed by atoms with Gasteiger partial charge in [-0.15, -0.1) is 0 Å². The third kappa shape index (κ3) is 5.18. The van der Waals surface area contributed by atoms with Gasteiger partial charge in [-0.25, -0.2) is 0 Å². The summed E-state index contributed by atoms with van der Waals surface area (Å²) in [5, 5.41) is 5.94. The molecule has 0 fully saturated rings. The first-order valence-electron chi connectivity index (χ1n) is 5.07. The van der Waals surface area contributed by atoms with Crippen molar-refractivity contribution in [1.82, 2.24) is 5.32 Å². The van der Waals surface area contributed by atoms with Crippen molar-refractivity contribution in [2.24, 2.45) is 0 Å². The Morgan fingerprint density at radius 1 is 1.20 bits per heavy atom. The van der Waals surface area contributed by atoms with Gasteiger partial charge in [0.1, 0.15) is 0 Å². The lowest BCUT2D eigenvalue weighted by atomic mass is 10.1. The van der Waals surface area contributed by atoms with Crippen LogP contribution in [0.25, 0.3) is 0 Å². The van der Waals surface area contributed by atoms with Crippen LogP contribution in [0.15, 0.2) is 30.3 Å². The van der Waals surface area contributed by atoms with Crippen LogP contribution in [0.1, 0.15) is 20.8 Å². The lowest BCUT2D eigenvalue weighted by Gasteiger charge is -2.19.